The van der Waals surface area contributed by atoms with Crippen molar-refractivity contribution in [2.45, 2.75) is 19.9 Å². The van der Waals surface area contributed by atoms with Gasteiger partial charge in [-0.1, -0.05) is 13.8 Å². The van der Waals surface area contributed by atoms with Crippen LogP contribution in [0.1, 0.15) is 13.8 Å². The van der Waals surface area contributed by atoms with Gasteiger partial charge in [0.1, 0.15) is 0 Å². The molecule has 1 rings (SSSR count). The summed E-state index contributed by atoms with van der Waals surface area (Å²) in [4.78, 5) is 0. The molecule has 2 N–H and O–H groups in total. The lowest BCUT2D eigenvalue weighted by Gasteiger charge is -2.21. The Kier molecular flexibility index (Phi) is 3.76. The van der Waals surface area contributed by atoms with Crippen molar-refractivity contribution < 1.29 is 4.74 Å². The Bertz CT molecular complexity index is 221. The molecule has 0 bridgehead atoms. The summed E-state index contributed by atoms with van der Waals surface area (Å²) in [6.07, 6.45) is 3.61. The van der Waals surface area contributed by atoms with E-state index in [0.29, 0.717) is 18.6 Å². The fourth-order valence-corrected chi connectivity index (χ4v) is 1.12. The molecule has 0 fully saturated rings. The molecule has 0 spiro atoms. The third kappa shape index (κ3) is 3.06. The molecule has 0 radical (unpaired) electrons. The predicted octanol–water partition coefficient (Wildman–Crippen LogP) is 1.49. The van der Waals surface area contributed by atoms with Gasteiger partial charge in [-0.25, -0.2) is 0 Å². The maximum atomic E-state index is 5.12. The van der Waals surface area contributed by atoms with Crippen LogP contribution in [-0.4, -0.2) is 30.0 Å². The van der Waals surface area contributed by atoms with Crippen LogP contribution in [0.25, 0.3) is 0 Å². The highest BCUT2D eigenvalue weighted by Crippen LogP contribution is 2.10. The lowest BCUT2D eigenvalue weighted by Crippen LogP contribution is -2.30. The zero-order valence-corrected chi connectivity index (χ0v) is 8.37. The molecular weight excluding hydrogens is 166 g/mol. The molecule has 1 aromatic rings. The van der Waals surface area contributed by atoms with Crippen molar-refractivity contribution in [1.82, 2.24) is 10.2 Å². The monoisotopic (exact) mass is 183 g/mol. The standard InChI is InChI=1S/C9H17N3O/c1-7(2)9(6-13-3)12-8-4-10-11-5-8/h4-5,7,9,12H,6H2,1-3H3,(H,10,11). The number of hydrogen-bond donors (Lipinski definition) is 2. The predicted molar refractivity (Wildman–Crippen MR) is 52.7 cm³/mol. The summed E-state index contributed by atoms with van der Waals surface area (Å²) in [6.45, 7) is 5.04. The summed E-state index contributed by atoms with van der Waals surface area (Å²) < 4.78 is 5.12. The lowest BCUT2D eigenvalue weighted by molar-refractivity contribution is 0.171. The molecule has 0 aliphatic carbocycles. The van der Waals surface area contributed by atoms with Crippen LogP contribution in [0.2, 0.25) is 0 Å². The second-order valence-corrected chi connectivity index (χ2v) is 3.44. The normalized spacial score (nSPS) is 13.2. The van der Waals surface area contributed by atoms with Gasteiger partial charge in [0, 0.05) is 13.3 Å². The van der Waals surface area contributed by atoms with E-state index in [0.717, 1.165) is 5.69 Å². The van der Waals surface area contributed by atoms with Crippen LogP contribution in [-0.2, 0) is 4.74 Å². The molecule has 0 aliphatic rings. The minimum Gasteiger partial charge on any atom is -0.383 e. The Morgan fingerprint density at radius 3 is 2.85 bits per heavy atom. The average Bonchev–Trinajstić information content (AvgIpc) is 2.56. The maximum absolute atomic E-state index is 5.12. The van der Waals surface area contributed by atoms with Gasteiger partial charge in [0.05, 0.1) is 24.5 Å². The molecule has 0 saturated heterocycles. The SMILES string of the molecule is COCC(Nc1cn[nH]c1)C(C)C. The second-order valence-electron chi connectivity index (χ2n) is 3.44. The van der Waals surface area contributed by atoms with Gasteiger partial charge in [-0.05, 0) is 5.92 Å². The third-order valence-electron chi connectivity index (χ3n) is 2.00. The largest absolute Gasteiger partial charge is 0.383 e. The Labute approximate surface area is 78.7 Å². The Morgan fingerprint density at radius 2 is 2.38 bits per heavy atom. The Hall–Kier alpha value is -1.03. The number of aromatic amines is 1. The van der Waals surface area contributed by atoms with E-state index in [9.17, 15) is 0 Å². The first-order chi connectivity index (χ1) is 6.24. The summed E-state index contributed by atoms with van der Waals surface area (Å²) in [5.74, 6) is 0.537. The van der Waals surface area contributed by atoms with Crippen molar-refractivity contribution in [1.29, 1.82) is 0 Å². The van der Waals surface area contributed by atoms with E-state index in [4.69, 9.17) is 4.74 Å². The van der Waals surface area contributed by atoms with E-state index in [1.165, 1.54) is 0 Å². The fraction of sp³-hybridized carbons (Fsp3) is 0.667. The molecule has 4 nitrogen and oxygen atoms in total. The number of ether oxygens (including phenoxy) is 1. The molecule has 1 heterocycles. The first kappa shape index (κ1) is 10.1. The highest BCUT2D eigenvalue weighted by atomic mass is 16.5. The first-order valence-electron chi connectivity index (χ1n) is 4.48. The average molecular weight is 183 g/mol. The smallest absolute Gasteiger partial charge is 0.0726 e. The summed E-state index contributed by atoms with van der Waals surface area (Å²) >= 11 is 0. The lowest BCUT2D eigenvalue weighted by atomic mass is 10.1. The molecule has 1 aromatic heterocycles. The number of hydrogen-bond acceptors (Lipinski definition) is 3. The van der Waals surface area contributed by atoms with E-state index < -0.39 is 0 Å². The van der Waals surface area contributed by atoms with Crippen LogP contribution in [0.3, 0.4) is 0 Å². The van der Waals surface area contributed by atoms with Gasteiger partial charge in [-0.2, -0.15) is 5.10 Å². The number of rotatable bonds is 5. The van der Waals surface area contributed by atoms with Gasteiger partial charge in [-0.15, -0.1) is 0 Å². The third-order valence-corrected chi connectivity index (χ3v) is 2.00. The molecule has 0 aromatic carbocycles. The van der Waals surface area contributed by atoms with Crippen molar-refractivity contribution in [2.75, 3.05) is 19.0 Å². The minimum absolute atomic E-state index is 0.336. The number of methoxy groups -OCH3 is 1. The van der Waals surface area contributed by atoms with Gasteiger partial charge in [0.2, 0.25) is 0 Å². The molecule has 1 unspecified atom stereocenters. The quantitative estimate of drug-likeness (QED) is 0.727. The minimum atomic E-state index is 0.336. The molecular formula is C9H17N3O. The van der Waals surface area contributed by atoms with E-state index in [2.05, 4.69) is 29.4 Å². The number of nitrogens with one attached hydrogen (secondary N) is 2. The van der Waals surface area contributed by atoms with Gasteiger partial charge < -0.3 is 10.1 Å². The summed E-state index contributed by atoms with van der Waals surface area (Å²) in [6, 6.07) is 0.336. The zero-order chi connectivity index (χ0) is 9.68. The van der Waals surface area contributed by atoms with Gasteiger partial charge >= 0.3 is 0 Å². The van der Waals surface area contributed by atoms with Crippen molar-refractivity contribution in [3.8, 4) is 0 Å². The van der Waals surface area contributed by atoms with E-state index in [1.807, 2.05) is 6.20 Å². The Balaban J connectivity index is 2.47. The van der Waals surface area contributed by atoms with Crippen molar-refractivity contribution in [2.24, 2.45) is 5.92 Å². The van der Waals surface area contributed by atoms with E-state index >= 15 is 0 Å². The molecule has 74 valence electrons. The van der Waals surface area contributed by atoms with Crippen molar-refractivity contribution in [3.63, 3.8) is 0 Å². The number of nitrogens with zero attached hydrogens (tertiary/aromatic N) is 1. The van der Waals surface area contributed by atoms with Gasteiger partial charge in [-0.3, -0.25) is 5.10 Å². The summed E-state index contributed by atoms with van der Waals surface area (Å²) in [7, 11) is 1.71. The van der Waals surface area contributed by atoms with Gasteiger partial charge in [0.25, 0.3) is 0 Å². The van der Waals surface area contributed by atoms with Crippen molar-refractivity contribution >= 4 is 5.69 Å². The van der Waals surface area contributed by atoms with E-state index in [-0.39, 0.29) is 0 Å². The highest BCUT2D eigenvalue weighted by Gasteiger charge is 2.12. The molecule has 0 amide bonds. The second kappa shape index (κ2) is 4.87. The molecule has 13 heavy (non-hydrogen) atoms. The topological polar surface area (TPSA) is 49.9 Å². The molecule has 1 atom stereocenters. The van der Waals surface area contributed by atoms with E-state index in [1.54, 1.807) is 13.3 Å². The maximum Gasteiger partial charge on any atom is 0.0726 e. The summed E-state index contributed by atoms with van der Waals surface area (Å²) in [5.41, 5.74) is 1.01. The van der Waals surface area contributed by atoms with Crippen LogP contribution in [0.15, 0.2) is 12.4 Å². The summed E-state index contributed by atoms with van der Waals surface area (Å²) in [5, 5.41) is 9.97. The number of aromatic nitrogens is 2. The fourth-order valence-electron chi connectivity index (χ4n) is 1.12. The highest BCUT2D eigenvalue weighted by molar-refractivity contribution is 5.38. The molecule has 4 heteroatoms. The molecule has 0 aliphatic heterocycles. The van der Waals surface area contributed by atoms with Crippen LogP contribution >= 0.6 is 0 Å². The van der Waals surface area contributed by atoms with Crippen molar-refractivity contribution in [3.05, 3.63) is 12.4 Å². The van der Waals surface area contributed by atoms with Crippen LogP contribution in [0, 0.1) is 5.92 Å². The van der Waals surface area contributed by atoms with Gasteiger partial charge in [0.15, 0.2) is 0 Å². The first-order valence-corrected chi connectivity index (χ1v) is 4.48. The zero-order valence-electron chi connectivity index (χ0n) is 8.37. The number of H-pyrrole nitrogens is 1. The number of anilines is 1. The van der Waals surface area contributed by atoms with Crippen LogP contribution < -0.4 is 5.32 Å². The molecule has 0 saturated carbocycles. The Morgan fingerprint density at radius 1 is 1.62 bits per heavy atom. The van der Waals surface area contributed by atoms with Crippen LogP contribution in [0.4, 0.5) is 5.69 Å². The van der Waals surface area contributed by atoms with Crippen LogP contribution in [0.5, 0.6) is 0 Å².